The second kappa shape index (κ2) is 13.8. The highest BCUT2D eigenvalue weighted by molar-refractivity contribution is 5.72. The first-order chi connectivity index (χ1) is 9.36. The number of carboxylic acids is 1. The van der Waals surface area contributed by atoms with Crippen LogP contribution in [0, 0.1) is 0 Å². The molecule has 5 N–H and O–H groups in total. The zero-order valence-electron chi connectivity index (χ0n) is 12.4. The van der Waals surface area contributed by atoms with Crippen molar-refractivity contribution >= 4 is 5.97 Å². The Kier molecular flexibility index (Phi) is 14.3. The molecule has 0 fully saturated rings. The van der Waals surface area contributed by atoms with E-state index in [1.54, 1.807) is 50.2 Å². The number of nitrogens with two attached hydrogens (primary N) is 1. The van der Waals surface area contributed by atoms with E-state index in [0.717, 1.165) is 6.42 Å². The number of aliphatic hydroxyl groups excluding tert-OH is 1. The molecule has 0 saturated carbocycles. The van der Waals surface area contributed by atoms with Crippen LogP contribution in [0.25, 0.3) is 0 Å². The van der Waals surface area contributed by atoms with Gasteiger partial charge in [-0.2, -0.15) is 0 Å². The van der Waals surface area contributed by atoms with Crippen LogP contribution in [0.4, 0.5) is 0 Å². The summed E-state index contributed by atoms with van der Waals surface area (Å²) >= 11 is 0. The average Bonchev–Trinajstić information content (AvgIpc) is 2.41. The molecule has 0 heterocycles. The van der Waals surface area contributed by atoms with Crippen molar-refractivity contribution in [3.05, 3.63) is 30.3 Å². The van der Waals surface area contributed by atoms with Gasteiger partial charge in [0.25, 0.3) is 0 Å². The van der Waals surface area contributed by atoms with Crippen LogP contribution in [0.1, 0.15) is 13.3 Å². The van der Waals surface area contributed by atoms with Gasteiger partial charge >= 0.3 is 5.97 Å². The molecule has 1 aromatic rings. The predicted octanol–water partition coefficient (Wildman–Crippen LogP) is 0.741. The van der Waals surface area contributed by atoms with Gasteiger partial charge in [0.1, 0.15) is 11.8 Å². The third-order valence-corrected chi connectivity index (χ3v) is 2.25. The smallest absolute Gasteiger partial charge is 0.320 e. The van der Waals surface area contributed by atoms with Gasteiger partial charge in [-0.15, -0.1) is 0 Å². The number of para-hydroxylation sites is 1. The number of phenolic OH excluding ortho intramolecular Hbond substituents is 1. The van der Waals surface area contributed by atoms with Gasteiger partial charge in [0.2, 0.25) is 0 Å². The van der Waals surface area contributed by atoms with Crippen LogP contribution in [0.15, 0.2) is 30.3 Å². The first-order valence-corrected chi connectivity index (χ1v) is 6.31. The first kappa shape index (κ1) is 20.7. The van der Waals surface area contributed by atoms with Crippen LogP contribution in [-0.2, 0) is 4.79 Å². The Hall–Kier alpha value is -1.63. The van der Waals surface area contributed by atoms with E-state index in [2.05, 4.69) is 0 Å². The third kappa shape index (κ3) is 14.4. The number of aliphatic carboxylic acids is 1. The Labute approximate surface area is 120 Å². The molecule has 6 heteroatoms. The molecule has 0 aliphatic rings. The minimum Gasteiger partial charge on any atom is -0.508 e. The van der Waals surface area contributed by atoms with Crippen LogP contribution in [-0.4, -0.2) is 59.5 Å². The maximum Gasteiger partial charge on any atom is 0.320 e. The maximum atomic E-state index is 10.1. The summed E-state index contributed by atoms with van der Waals surface area (Å²) in [6.45, 7) is 2.45. The molecule has 0 aromatic heterocycles. The van der Waals surface area contributed by atoms with Crippen LogP contribution in [0.5, 0.6) is 5.75 Å². The molecule has 1 atom stereocenters. The Morgan fingerprint density at radius 3 is 1.90 bits per heavy atom. The fourth-order valence-electron chi connectivity index (χ4n) is 0.740. The second-order valence-corrected chi connectivity index (χ2v) is 4.18. The molecule has 0 spiro atoms. The summed E-state index contributed by atoms with van der Waals surface area (Å²) in [4.78, 5) is 11.7. The number of likely N-dealkylation sites (N-methyl/N-ethyl adjacent to an activating group) is 1. The van der Waals surface area contributed by atoms with Gasteiger partial charge < -0.3 is 21.1 Å². The van der Waals surface area contributed by atoms with E-state index in [9.17, 15) is 4.79 Å². The quantitative estimate of drug-likeness (QED) is 0.650. The zero-order valence-corrected chi connectivity index (χ0v) is 12.4. The van der Waals surface area contributed by atoms with E-state index < -0.39 is 5.97 Å². The summed E-state index contributed by atoms with van der Waals surface area (Å²) in [7, 11) is 3.47. The lowest BCUT2D eigenvalue weighted by atomic mass is 10.3. The van der Waals surface area contributed by atoms with Crippen molar-refractivity contribution in [2.45, 2.75) is 19.4 Å². The normalized spacial score (nSPS) is 10.7. The third-order valence-electron chi connectivity index (χ3n) is 2.25. The number of nitrogens with zero attached hydrogens (tertiary/aromatic N) is 1. The lowest BCUT2D eigenvalue weighted by Gasteiger charge is -2.13. The minimum atomic E-state index is -0.782. The molecule has 20 heavy (non-hydrogen) atoms. The van der Waals surface area contributed by atoms with Crippen LogP contribution in [0.3, 0.4) is 0 Å². The molecule has 6 nitrogen and oxygen atoms in total. The van der Waals surface area contributed by atoms with Gasteiger partial charge in [0.05, 0.1) is 0 Å². The van der Waals surface area contributed by atoms with E-state index >= 15 is 0 Å². The van der Waals surface area contributed by atoms with Crippen molar-refractivity contribution < 1.29 is 20.1 Å². The number of benzene rings is 1. The standard InChI is InChI=1S/C6H6O.C5H11NO2.C3H9NO/c7-6-4-2-1-3-5-6;1-4(5(7)8)6(2)3;4-2-1-3-5/h1-5,7H;4H,1-3H3,(H,7,8);5H,1-4H2. The summed E-state index contributed by atoms with van der Waals surface area (Å²) in [5.41, 5.74) is 4.98. The maximum absolute atomic E-state index is 10.1. The number of rotatable bonds is 4. The van der Waals surface area contributed by atoms with E-state index in [1.165, 1.54) is 0 Å². The number of phenols is 1. The van der Waals surface area contributed by atoms with Crippen molar-refractivity contribution in [2.24, 2.45) is 5.73 Å². The summed E-state index contributed by atoms with van der Waals surface area (Å²) in [6, 6.07) is 8.33. The lowest BCUT2D eigenvalue weighted by molar-refractivity contribution is -0.141. The zero-order chi connectivity index (χ0) is 16.0. The molecule has 0 bridgehead atoms. The van der Waals surface area contributed by atoms with Gasteiger partial charge in [0, 0.05) is 6.61 Å². The van der Waals surface area contributed by atoms with E-state index in [1.807, 2.05) is 6.07 Å². The Bertz CT molecular complexity index is 329. The molecular weight excluding hydrogens is 260 g/mol. The monoisotopic (exact) mass is 286 g/mol. The molecule has 0 saturated heterocycles. The Balaban J connectivity index is 0. The first-order valence-electron chi connectivity index (χ1n) is 6.31. The van der Waals surface area contributed by atoms with E-state index in [4.69, 9.17) is 21.1 Å². The van der Waals surface area contributed by atoms with Crippen LogP contribution >= 0.6 is 0 Å². The number of aromatic hydroxyl groups is 1. The van der Waals surface area contributed by atoms with Crippen molar-refractivity contribution in [1.82, 2.24) is 4.90 Å². The van der Waals surface area contributed by atoms with Crippen molar-refractivity contribution in [3.63, 3.8) is 0 Å². The van der Waals surface area contributed by atoms with Gasteiger partial charge in [-0.05, 0) is 46.1 Å². The Morgan fingerprint density at radius 2 is 1.80 bits per heavy atom. The number of carbonyl (C=O) groups is 1. The summed E-state index contributed by atoms with van der Waals surface area (Å²) in [5, 5.41) is 24.9. The fraction of sp³-hybridized carbons (Fsp3) is 0.500. The lowest BCUT2D eigenvalue weighted by Crippen LogP contribution is -2.32. The van der Waals surface area contributed by atoms with Crippen molar-refractivity contribution in [2.75, 3.05) is 27.2 Å². The number of aliphatic hydroxyl groups is 1. The number of hydrogen-bond acceptors (Lipinski definition) is 5. The highest BCUT2D eigenvalue weighted by Gasteiger charge is 2.11. The van der Waals surface area contributed by atoms with Gasteiger partial charge in [0.15, 0.2) is 0 Å². The van der Waals surface area contributed by atoms with Crippen molar-refractivity contribution in [3.8, 4) is 5.75 Å². The topological polar surface area (TPSA) is 107 Å². The molecule has 116 valence electrons. The summed E-state index contributed by atoms with van der Waals surface area (Å²) in [5.74, 6) is -0.461. The SMILES string of the molecule is CC(C(=O)O)N(C)C.NCCCO.Oc1ccccc1. The minimum absolute atomic E-state index is 0.219. The molecule has 0 aliphatic heterocycles. The number of carboxylic acid groups (broad SMARTS) is 1. The molecule has 1 unspecified atom stereocenters. The second-order valence-electron chi connectivity index (χ2n) is 4.18. The summed E-state index contributed by atoms with van der Waals surface area (Å²) in [6.07, 6.45) is 0.722. The van der Waals surface area contributed by atoms with E-state index in [-0.39, 0.29) is 12.6 Å². The van der Waals surface area contributed by atoms with Gasteiger partial charge in [-0.25, -0.2) is 0 Å². The molecule has 0 aliphatic carbocycles. The van der Waals surface area contributed by atoms with Crippen molar-refractivity contribution in [1.29, 1.82) is 0 Å². The van der Waals surface area contributed by atoms with Gasteiger partial charge in [-0.3, -0.25) is 9.69 Å². The fourth-order valence-corrected chi connectivity index (χ4v) is 0.740. The highest BCUT2D eigenvalue weighted by Crippen LogP contribution is 2.02. The molecule has 1 rings (SSSR count). The average molecular weight is 286 g/mol. The van der Waals surface area contributed by atoms with Crippen LogP contribution in [0.2, 0.25) is 0 Å². The summed E-state index contributed by atoms with van der Waals surface area (Å²) < 4.78 is 0. The van der Waals surface area contributed by atoms with E-state index in [0.29, 0.717) is 12.3 Å². The van der Waals surface area contributed by atoms with Gasteiger partial charge in [-0.1, -0.05) is 18.2 Å². The predicted molar refractivity (Wildman–Crippen MR) is 79.6 cm³/mol. The molecule has 0 radical (unpaired) electrons. The number of hydrogen-bond donors (Lipinski definition) is 4. The molecular formula is C14H26N2O4. The van der Waals surface area contributed by atoms with Crippen LogP contribution < -0.4 is 5.73 Å². The molecule has 1 aromatic carbocycles. The highest BCUT2D eigenvalue weighted by atomic mass is 16.4. The molecule has 0 amide bonds. The Morgan fingerprint density at radius 1 is 1.30 bits per heavy atom. The largest absolute Gasteiger partial charge is 0.508 e.